The molecule has 2 aromatic carbocycles. The normalized spacial score (nSPS) is 11.7. The molecule has 0 bridgehead atoms. The number of halogens is 2. The summed E-state index contributed by atoms with van der Waals surface area (Å²) in [7, 11) is 0. The van der Waals surface area contributed by atoms with Gasteiger partial charge >= 0.3 is 5.97 Å². The van der Waals surface area contributed by atoms with Crippen LogP contribution in [0.1, 0.15) is 24.2 Å². The van der Waals surface area contributed by atoms with E-state index in [0.717, 1.165) is 4.47 Å². The summed E-state index contributed by atoms with van der Waals surface area (Å²) in [5.74, 6) is 0.141. The molecular weight excluding hydrogens is 384 g/mol. The summed E-state index contributed by atoms with van der Waals surface area (Å²) in [5, 5.41) is 0.325. The van der Waals surface area contributed by atoms with Gasteiger partial charge in [0, 0.05) is 10.0 Å². The number of carbonyl (C=O) groups is 2. The second-order valence-electron chi connectivity index (χ2n) is 4.84. The molecule has 2 rings (SSSR count). The van der Waals surface area contributed by atoms with Gasteiger partial charge in [-0.05, 0) is 56.3 Å². The van der Waals surface area contributed by atoms with Crippen LogP contribution in [0.5, 0.6) is 11.5 Å². The van der Waals surface area contributed by atoms with Crippen LogP contribution in [0.15, 0.2) is 46.9 Å². The molecule has 0 aliphatic rings. The van der Waals surface area contributed by atoms with Crippen molar-refractivity contribution in [3.8, 4) is 11.5 Å². The van der Waals surface area contributed by atoms with Gasteiger partial charge in [-0.25, -0.2) is 4.79 Å². The van der Waals surface area contributed by atoms with E-state index in [4.69, 9.17) is 21.1 Å². The molecule has 0 saturated carbocycles. The molecule has 0 fully saturated rings. The fraction of sp³-hybridized carbons (Fsp3) is 0.176. The van der Waals surface area contributed by atoms with Gasteiger partial charge in [-0.2, -0.15) is 0 Å². The first-order valence-corrected chi connectivity index (χ1v) is 7.98. The second-order valence-corrected chi connectivity index (χ2v) is 6.16. The Bertz CT molecular complexity index is 728. The Morgan fingerprint density at radius 2 is 1.78 bits per heavy atom. The average molecular weight is 398 g/mol. The highest BCUT2D eigenvalue weighted by Crippen LogP contribution is 2.28. The monoisotopic (exact) mass is 396 g/mol. The molecule has 0 heterocycles. The Morgan fingerprint density at radius 3 is 2.35 bits per heavy atom. The third-order valence-electron chi connectivity index (χ3n) is 3.01. The molecule has 4 nitrogen and oxygen atoms in total. The van der Waals surface area contributed by atoms with E-state index in [9.17, 15) is 9.59 Å². The third kappa shape index (κ3) is 4.81. The lowest BCUT2D eigenvalue weighted by Gasteiger charge is -2.14. The highest BCUT2D eigenvalue weighted by molar-refractivity contribution is 9.10. The molecule has 0 N–H and O–H groups in total. The van der Waals surface area contributed by atoms with E-state index in [2.05, 4.69) is 15.9 Å². The van der Waals surface area contributed by atoms with Crippen molar-refractivity contribution in [3.05, 3.63) is 57.5 Å². The van der Waals surface area contributed by atoms with E-state index in [1.807, 2.05) is 0 Å². The largest absolute Gasteiger partial charge is 0.479 e. The number of hydrogen-bond acceptors (Lipinski definition) is 4. The van der Waals surface area contributed by atoms with Crippen molar-refractivity contribution in [2.24, 2.45) is 0 Å². The van der Waals surface area contributed by atoms with Gasteiger partial charge in [0.25, 0.3) is 0 Å². The maximum Gasteiger partial charge on any atom is 0.352 e. The summed E-state index contributed by atoms with van der Waals surface area (Å²) in [6, 6.07) is 11.5. The molecule has 2 aromatic rings. The van der Waals surface area contributed by atoms with Gasteiger partial charge in [0.1, 0.15) is 11.5 Å². The van der Waals surface area contributed by atoms with Crippen molar-refractivity contribution in [1.82, 2.24) is 0 Å². The van der Waals surface area contributed by atoms with Crippen LogP contribution in [-0.4, -0.2) is 17.9 Å². The molecular formula is C17H14BrClO4. The predicted octanol–water partition coefficient (Wildman–Crippen LogP) is 4.68. The molecule has 23 heavy (non-hydrogen) atoms. The Hall–Kier alpha value is -1.85. The average Bonchev–Trinajstić information content (AvgIpc) is 2.50. The molecule has 0 aliphatic carbocycles. The van der Waals surface area contributed by atoms with Crippen molar-refractivity contribution in [3.63, 3.8) is 0 Å². The van der Waals surface area contributed by atoms with Gasteiger partial charge in [-0.15, -0.1) is 0 Å². The van der Waals surface area contributed by atoms with Gasteiger partial charge in [0.05, 0.1) is 5.02 Å². The molecule has 120 valence electrons. The molecule has 1 atom stereocenters. The van der Waals surface area contributed by atoms with Crippen LogP contribution in [0, 0.1) is 0 Å². The fourth-order valence-corrected chi connectivity index (χ4v) is 2.48. The summed E-state index contributed by atoms with van der Waals surface area (Å²) in [4.78, 5) is 23.3. The minimum atomic E-state index is -0.821. The lowest BCUT2D eigenvalue weighted by atomic mass is 10.1. The Kier molecular flexibility index (Phi) is 5.80. The summed E-state index contributed by atoms with van der Waals surface area (Å²) < 4.78 is 11.5. The van der Waals surface area contributed by atoms with Crippen molar-refractivity contribution in [1.29, 1.82) is 0 Å². The number of hydrogen-bond donors (Lipinski definition) is 0. The first-order chi connectivity index (χ1) is 10.9. The molecule has 1 unspecified atom stereocenters. The second kappa shape index (κ2) is 7.62. The number of Topliss-reactive ketones (excluding diaryl/α,β-unsaturated/α-hetero) is 1. The zero-order valence-electron chi connectivity index (χ0n) is 12.5. The van der Waals surface area contributed by atoms with Crippen LogP contribution in [0.25, 0.3) is 0 Å². The summed E-state index contributed by atoms with van der Waals surface area (Å²) in [6.45, 7) is 3.06. The quantitative estimate of drug-likeness (QED) is 0.418. The summed E-state index contributed by atoms with van der Waals surface area (Å²) in [5.41, 5.74) is 0.578. The molecule has 0 aromatic heterocycles. The SMILES string of the molecule is CC(=O)c1ccc(OC(C)C(=O)Oc2ccc(Br)cc2Cl)cc1. The zero-order valence-corrected chi connectivity index (χ0v) is 14.8. The lowest BCUT2D eigenvalue weighted by molar-refractivity contribution is -0.141. The van der Waals surface area contributed by atoms with Gasteiger partial charge in [0.15, 0.2) is 11.9 Å². The maximum atomic E-state index is 12.1. The van der Waals surface area contributed by atoms with Crippen molar-refractivity contribution in [2.75, 3.05) is 0 Å². The molecule has 0 radical (unpaired) electrons. The summed E-state index contributed by atoms with van der Waals surface area (Å²) in [6.07, 6.45) is -0.821. The number of carbonyl (C=O) groups excluding carboxylic acids is 2. The Labute approximate surface area is 147 Å². The first kappa shape index (κ1) is 17.5. The van der Waals surface area contributed by atoms with E-state index >= 15 is 0 Å². The van der Waals surface area contributed by atoms with E-state index < -0.39 is 12.1 Å². The van der Waals surface area contributed by atoms with Crippen molar-refractivity contribution >= 4 is 39.3 Å². The molecule has 0 aliphatic heterocycles. The van der Waals surface area contributed by atoms with Gasteiger partial charge in [0.2, 0.25) is 0 Å². The predicted molar refractivity (Wildman–Crippen MR) is 91.3 cm³/mol. The minimum absolute atomic E-state index is 0.0334. The molecule has 0 spiro atoms. The lowest BCUT2D eigenvalue weighted by Crippen LogP contribution is -2.28. The number of rotatable bonds is 5. The first-order valence-electron chi connectivity index (χ1n) is 6.81. The van der Waals surface area contributed by atoms with E-state index in [1.165, 1.54) is 6.92 Å². The zero-order chi connectivity index (χ0) is 17.0. The third-order valence-corrected chi connectivity index (χ3v) is 3.80. The van der Waals surface area contributed by atoms with E-state index in [-0.39, 0.29) is 11.5 Å². The van der Waals surface area contributed by atoms with Crippen LogP contribution in [0.3, 0.4) is 0 Å². The topological polar surface area (TPSA) is 52.6 Å². The number of benzene rings is 2. The highest BCUT2D eigenvalue weighted by atomic mass is 79.9. The van der Waals surface area contributed by atoms with Crippen LogP contribution in [-0.2, 0) is 4.79 Å². The molecule has 0 saturated heterocycles. The number of ketones is 1. The smallest absolute Gasteiger partial charge is 0.352 e. The van der Waals surface area contributed by atoms with Crippen LogP contribution < -0.4 is 9.47 Å². The van der Waals surface area contributed by atoms with Crippen molar-refractivity contribution < 1.29 is 19.1 Å². The van der Waals surface area contributed by atoms with E-state index in [0.29, 0.717) is 16.3 Å². The fourth-order valence-electron chi connectivity index (χ4n) is 1.77. The number of ether oxygens (including phenoxy) is 2. The van der Waals surface area contributed by atoms with E-state index in [1.54, 1.807) is 49.4 Å². The van der Waals surface area contributed by atoms with Gasteiger partial charge < -0.3 is 9.47 Å². The summed E-state index contributed by atoms with van der Waals surface area (Å²) >= 11 is 9.28. The standard InChI is InChI=1S/C17H14BrClO4/c1-10(20)12-3-6-14(7-4-12)22-11(2)17(21)23-16-8-5-13(18)9-15(16)19/h3-9,11H,1-2H3. The Morgan fingerprint density at radius 1 is 1.13 bits per heavy atom. The van der Waals surface area contributed by atoms with Crippen molar-refractivity contribution in [2.45, 2.75) is 20.0 Å². The van der Waals surface area contributed by atoms with Crippen LogP contribution in [0.4, 0.5) is 0 Å². The number of esters is 1. The molecule has 0 amide bonds. The van der Waals surface area contributed by atoms with Gasteiger partial charge in [-0.1, -0.05) is 27.5 Å². The molecule has 6 heteroatoms. The maximum absolute atomic E-state index is 12.1. The van der Waals surface area contributed by atoms with Crippen LogP contribution >= 0.6 is 27.5 Å². The minimum Gasteiger partial charge on any atom is -0.479 e. The Balaban J connectivity index is 2.00. The van der Waals surface area contributed by atoms with Crippen LogP contribution in [0.2, 0.25) is 5.02 Å². The van der Waals surface area contributed by atoms with Gasteiger partial charge in [-0.3, -0.25) is 4.79 Å². The highest BCUT2D eigenvalue weighted by Gasteiger charge is 2.18.